The Bertz CT molecular complexity index is 125. The highest BCUT2D eigenvalue weighted by molar-refractivity contribution is 5.81. The lowest BCUT2D eigenvalue weighted by Gasteiger charge is -1.77. The molecule has 0 aliphatic rings. The summed E-state index contributed by atoms with van der Waals surface area (Å²) in [6.45, 7) is 10.2. The molecule has 0 aromatic carbocycles. The molecule has 0 amide bonds. The van der Waals surface area contributed by atoms with Gasteiger partial charge in [-0.15, -0.1) is 4.39 Å². The number of allylic oxidation sites excluding steroid dienone is 1. The first-order valence-electron chi connectivity index (χ1n) is 2.98. The Morgan fingerprint density at radius 1 is 1.50 bits per heavy atom. The lowest BCUT2D eigenvalue weighted by Crippen LogP contribution is -2.03. The third kappa shape index (κ3) is 5.03. The second-order valence-electron chi connectivity index (χ2n) is 1.05. The molecule has 0 saturated heterocycles. The summed E-state index contributed by atoms with van der Waals surface area (Å²) in [6.07, 6.45) is 1.80. The summed E-state index contributed by atoms with van der Waals surface area (Å²) in [5.74, 6) is -0.833. The van der Waals surface area contributed by atoms with Crippen molar-refractivity contribution in [2.75, 3.05) is 0 Å². The topological polar surface area (TPSA) is 23.2 Å². The molecule has 0 aliphatic heterocycles. The molecule has 3 heteroatoms. The second-order valence-corrected chi connectivity index (χ2v) is 1.05. The van der Waals surface area contributed by atoms with Crippen LogP contribution in [-0.4, -0.2) is 15.9 Å². The van der Waals surface area contributed by atoms with Crippen molar-refractivity contribution in [2.45, 2.75) is 13.8 Å². The van der Waals surface area contributed by atoms with Crippen LogP contribution in [0.1, 0.15) is 13.8 Å². The Balaban J connectivity index is 0. The Morgan fingerprint density at radius 3 is 2.00 bits per heavy atom. The van der Waals surface area contributed by atoms with Crippen molar-refractivity contribution in [1.29, 1.82) is 0 Å². The van der Waals surface area contributed by atoms with E-state index in [9.17, 15) is 4.39 Å². The average Bonchev–Trinajstić information content (AvgIpc) is 2.05. The van der Waals surface area contributed by atoms with Gasteiger partial charge in [-0.2, -0.15) is 0 Å². The van der Waals surface area contributed by atoms with E-state index >= 15 is 0 Å². The predicted molar refractivity (Wildman–Crippen MR) is 39.9 cm³/mol. The van der Waals surface area contributed by atoms with Crippen LogP contribution in [0.5, 0.6) is 0 Å². The molecule has 10 heavy (non-hydrogen) atoms. The summed E-state index contributed by atoms with van der Waals surface area (Å²) in [5, 5.41) is 8.36. The van der Waals surface area contributed by atoms with Gasteiger partial charge in [-0.05, 0) is 6.58 Å². The van der Waals surface area contributed by atoms with E-state index in [1.807, 2.05) is 13.8 Å². The highest BCUT2D eigenvalue weighted by Gasteiger charge is 2.01. The maximum absolute atomic E-state index is 11.9. The van der Waals surface area contributed by atoms with Crippen molar-refractivity contribution in [2.24, 2.45) is 0 Å². The van der Waals surface area contributed by atoms with Gasteiger partial charge in [-0.3, -0.25) is 5.21 Å². The van der Waals surface area contributed by atoms with Crippen molar-refractivity contribution in [3.8, 4) is 0 Å². The molecule has 0 bridgehead atoms. The number of halogens is 1. The zero-order chi connectivity index (χ0) is 8.57. The van der Waals surface area contributed by atoms with Gasteiger partial charge in [0.25, 0.3) is 0 Å². The minimum Gasteiger partial charge on any atom is -0.282 e. The first-order valence-corrected chi connectivity index (χ1v) is 2.98. The lowest BCUT2D eigenvalue weighted by molar-refractivity contribution is -0.727. The van der Waals surface area contributed by atoms with Gasteiger partial charge < -0.3 is 0 Å². The molecule has 0 aliphatic carbocycles. The fourth-order valence-corrected chi connectivity index (χ4v) is 0.181. The molecule has 0 aromatic rings. The van der Waals surface area contributed by atoms with Crippen molar-refractivity contribution >= 4 is 5.97 Å². The molecule has 0 unspecified atom stereocenters. The van der Waals surface area contributed by atoms with Crippen LogP contribution < -0.4 is 0 Å². The van der Waals surface area contributed by atoms with Gasteiger partial charge in [0.05, 0.1) is 0 Å². The summed E-state index contributed by atoms with van der Waals surface area (Å²) >= 11 is 0. The normalized spacial score (nSPS) is 10.3. The average molecular weight is 146 g/mol. The zero-order valence-electron chi connectivity index (χ0n) is 6.34. The van der Waals surface area contributed by atoms with E-state index in [1.54, 1.807) is 0 Å². The summed E-state index contributed by atoms with van der Waals surface area (Å²) < 4.78 is 12.2. The van der Waals surface area contributed by atoms with Gasteiger partial charge in [0.1, 0.15) is 0 Å². The van der Waals surface area contributed by atoms with Crippen LogP contribution in [0.25, 0.3) is 0 Å². The van der Waals surface area contributed by atoms with Crippen LogP contribution in [0.4, 0.5) is 4.39 Å². The Morgan fingerprint density at radius 2 is 1.90 bits per heavy atom. The van der Waals surface area contributed by atoms with Crippen LogP contribution >= 0.6 is 0 Å². The Kier molecular flexibility index (Phi) is 9.18. The number of rotatable bonds is 2. The summed E-state index contributed by atoms with van der Waals surface area (Å²) in [4.78, 5) is 0. The van der Waals surface area contributed by atoms with Crippen LogP contribution in [0, 0.1) is 0 Å². The highest BCUT2D eigenvalue weighted by atomic mass is 19.1. The third-order valence-corrected chi connectivity index (χ3v) is 0.560. The Labute approximate surface area is 60.6 Å². The van der Waals surface area contributed by atoms with Gasteiger partial charge in [-0.1, -0.05) is 20.4 Å². The van der Waals surface area contributed by atoms with Gasteiger partial charge in [-0.25, -0.2) is 0 Å². The molecule has 0 radical (unpaired) electrons. The van der Waals surface area contributed by atoms with E-state index in [2.05, 4.69) is 13.2 Å². The number of hydrogen-bond donors (Lipinski definition) is 1. The molecule has 0 atom stereocenters. The largest absolute Gasteiger partial charge is 0.407 e. The van der Waals surface area contributed by atoms with Crippen molar-refractivity contribution in [1.82, 2.24) is 0 Å². The van der Waals surface area contributed by atoms with E-state index in [0.717, 1.165) is 12.3 Å². The first kappa shape index (κ1) is 11.6. The SMILES string of the molecule is C=C/C(F)=[N+](/O)C=C.CC. The molecule has 0 heterocycles. The molecule has 0 spiro atoms. The fraction of sp³-hybridized carbons (Fsp3) is 0.286. The number of hydroxylamine groups is 1. The predicted octanol–water partition coefficient (Wildman–Crippen LogP) is 2.11. The van der Waals surface area contributed by atoms with Crippen molar-refractivity contribution in [3.63, 3.8) is 0 Å². The van der Waals surface area contributed by atoms with Crippen molar-refractivity contribution in [3.05, 3.63) is 25.4 Å². The molecule has 0 saturated carbocycles. The quantitative estimate of drug-likeness (QED) is 0.274. The fourth-order valence-electron chi connectivity index (χ4n) is 0.181. The summed E-state index contributed by atoms with van der Waals surface area (Å²) in [7, 11) is 0. The number of nitrogens with zero attached hydrogens (tertiary/aromatic N) is 1. The maximum Gasteiger partial charge on any atom is 0.407 e. The number of hydrogen-bond acceptors (Lipinski definition) is 1. The van der Waals surface area contributed by atoms with Crippen LogP contribution in [0.15, 0.2) is 25.4 Å². The standard InChI is InChI=1S/C5H7FNO.C2H6/c1-3-5(6)7(8)4-2;1-2/h3-4,8H,1-2H2;1-2H3/q+1;/b7-5-;. The highest BCUT2D eigenvalue weighted by Crippen LogP contribution is 1.79. The van der Waals surface area contributed by atoms with E-state index in [4.69, 9.17) is 5.21 Å². The van der Waals surface area contributed by atoms with Crippen LogP contribution in [-0.2, 0) is 0 Å². The zero-order valence-corrected chi connectivity index (χ0v) is 6.34. The van der Waals surface area contributed by atoms with E-state index in [0.29, 0.717) is 0 Å². The van der Waals surface area contributed by atoms with Gasteiger partial charge in [0.2, 0.25) is 6.20 Å². The summed E-state index contributed by atoms with van der Waals surface area (Å²) in [6, 6.07) is 0. The monoisotopic (exact) mass is 146 g/mol. The summed E-state index contributed by atoms with van der Waals surface area (Å²) in [5.41, 5.74) is 0. The molecule has 0 fully saturated rings. The molecule has 58 valence electrons. The van der Waals surface area contributed by atoms with Gasteiger partial charge >= 0.3 is 5.97 Å². The van der Waals surface area contributed by atoms with Gasteiger partial charge in [0.15, 0.2) is 0 Å². The van der Waals surface area contributed by atoms with Gasteiger partial charge in [0, 0.05) is 10.8 Å². The van der Waals surface area contributed by atoms with E-state index in [-0.39, 0.29) is 4.74 Å². The smallest absolute Gasteiger partial charge is 0.282 e. The molecular formula is C7H13FNO+. The Hall–Kier alpha value is -1.12. The molecule has 0 aromatic heterocycles. The lowest BCUT2D eigenvalue weighted by atomic mass is 10.7. The van der Waals surface area contributed by atoms with Crippen LogP contribution in [0.3, 0.4) is 0 Å². The minimum atomic E-state index is -0.833. The van der Waals surface area contributed by atoms with E-state index < -0.39 is 5.97 Å². The minimum absolute atomic E-state index is 0.243. The maximum atomic E-state index is 11.9. The second kappa shape index (κ2) is 7.88. The first-order chi connectivity index (χ1) is 4.72. The van der Waals surface area contributed by atoms with Crippen molar-refractivity contribution < 1.29 is 14.3 Å². The molecule has 1 N–H and O–H groups in total. The van der Waals surface area contributed by atoms with Crippen LogP contribution in [0.2, 0.25) is 0 Å². The molecule has 0 rings (SSSR count). The third-order valence-electron chi connectivity index (χ3n) is 0.560. The molecule has 2 nitrogen and oxygen atoms in total. The molecular weight excluding hydrogens is 133 g/mol. The van der Waals surface area contributed by atoms with E-state index in [1.165, 1.54) is 0 Å².